The minimum atomic E-state index is -0.116. The molecule has 0 bridgehead atoms. The Kier molecular flexibility index (Phi) is 9.55. The van der Waals surface area contributed by atoms with Crippen molar-refractivity contribution in [3.05, 3.63) is 104 Å². The number of benzene rings is 3. The van der Waals surface area contributed by atoms with Crippen LogP contribution in [0, 0.1) is 47.4 Å². The van der Waals surface area contributed by atoms with Crippen LogP contribution in [0.5, 0.6) is 0 Å². The van der Waals surface area contributed by atoms with Crippen molar-refractivity contribution in [3.8, 4) is 0 Å². The van der Waals surface area contributed by atoms with Crippen molar-refractivity contribution < 1.29 is 4.39 Å². The molecule has 3 aromatic rings. The maximum atomic E-state index is 12.6. The molecule has 144 valence electrons. The van der Waals surface area contributed by atoms with E-state index in [9.17, 15) is 4.39 Å². The number of halogens is 3. The van der Waals surface area contributed by atoms with Crippen LogP contribution in [-0.2, 0) is 0 Å². The fraction of sp³-hybridized carbons (Fsp3) is 0.250. The predicted molar refractivity (Wildman–Crippen MR) is 118 cm³/mol. The Labute approximate surface area is 173 Å². The van der Waals surface area contributed by atoms with E-state index >= 15 is 0 Å². The topological polar surface area (TPSA) is 0 Å². The molecule has 0 saturated carbocycles. The molecule has 3 heteroatoms. The van der Waals surface area contributed by atoms with Gasteiger partial charge in [0, 0.05) is 10.0 Å². The summed E-state index contributed by atoms with van der Waals surface area (Å²) in [7, 11) is 0. The van der Waals surface area contributed by atoms with Crippen molar-refractivity contribution in [1.82, 2.24) is 0 Å². The van der Waals surface area contributed by atoms with Gasteiger partial charge >= 0.3 is 0 Å². The highest BCUT2D eigenvalue weighted by Gasteiger charge is 1.98. The molecule has 0 saturated heterocycles. The number of rotatable bonds is 0. The van der Waals surface area contributed by atoms with E-state index in [1.54, 1.807) is 13.0 Å². The standard InChI is InChI=1S/C8H8Cl2.C8H9F.C8H10/c1-5-3-8(10)6(2)4-7(5)9;1-6-3-4-7(2)8(9)5-6;1-7-3-5-8(2)6-4-7/h3-4H,1-2H3;3-5H,1-2H3;3-6H,1-2H3. The van der Waals surface area contributed by atoms with Crippen LogP contribution in [0.15, 0.2) is 54.6 Å². The highest BCUT2D eigenvalue weighted by Crippen LogP contribution is 2.23. The van der Waals surface area contributed by atoms with E-state index in [0.717, 1.165) is 26.7 Å². The van der Waals surface area contributed by atoms with Crippen molar-refractivity contribution in [1.29, 1.82) is 0 Å². The van der Waals surface area contributed by atoms with E-state index in [1.165, 1.54) is 17.2 Å². The van der Waals surface area contributed by atoms with E-state index in [4.69, 9.17) is 23.2 Å². The molecule has 0 aliphatic heterocycles. The first kappa shape index (κ1) is 23.2. The molecule has 3 aromatic carbocycles. The van der Waals surface area contributed by atoms with Gasteiger partial charge in [-0.15, -0.1) is 0 Å². The SMILES string of the molecule is Cc1cc(Cl)c(C)cc1Cl.Cc1ccc(C)c(F)c1.Cc1ccc(C)cc1. The summed E-state index contributed by atoms with van der Waals surface area (Å²) in [5.74, 6) is -0.116. The van der Waals surface area contributed by atoms with Crippen LogP contribution in [0.3, 0.4) is 0 Å². The average molecular weight is 405 g/mol. The first-order valence-electron chi connectivity index (χ1n) is 8.78. The Morgan fingerprint density at radius 2 is 0.889 bits per heavy atom. The lowest BCUT2D eigenvalue weighted by Crippen LogP contribution is -1.81. The van der Waals surface area contributed by atoms with Crippen molar-refractivity contribution >= 4 is 23.2 Å². The maximum absolute atomic E-state index is 12.6. The highest BCUT2D eigenvalue weighted by atomic mass is 35.5. The summed E-state index contributed by atoms with van der Waals surface area (Å²) in [6, 6.07) is 17.5. The number of hydrogen-bond acceptors (Lipinski definition) is 0. The molecule has 0 aromatic heterocycles. The quantitative estimate of drug-likeness (QED) is 0.352. The van der Waals surface area contributed by atoms with Gasteiger partial charge in [0.15, 0.2) is 0 Å². The normalized spacial score (nSPS) is 9.67. The second kappa shape index (κ2) is 11.1. The second-order valence-corrected chi connectivity index (χ2v) is 7.57. The minimum Gasteiger partial charge on any atom is -0.207 e. The largest absolute Gasteiger partial charge is 0.207 e. The summed E-state index contributed by atoms with van der Waals surface area (Å²) in [5, 5.41) is 1.56. The molecule has 0 unspecified atom stereocenters. The summed E-state index contributed by atoms with van der Waals surface area (Å²) in [6.45, 7) is 11.7. The van der Waals surface area contributed by atoms with Gasteiger partial charge < -0.3 is 0 Å². The molecular formula is C24H27Cl2F. The van der Waals surface area contributed by atoms with Gasteiger partial charge in [-0.25, -0.2) is 4.39 Å². The van der Waals surface area contributed by atoms with Crippen LogP contribution in [-0.4, -0.2) is 0 Å². The number of hydrogen-bond donors (Lipinski definition) is 0. The van der Waals surface area contributed by atoms with Gasteiger partial charge in [-0.05, 0) is 82.0 Å². The Morgan fingerprint density at radius 1 is 0.519 bits per heavy atom. The molecule has 3 rings (SSSR count). The molecule has 0 aliphatic carbocycles. The summed E-state index contributed by atoms with van der Waals surface area (Å²) in [6.07, 6.45) is 0. The van der Waals surface area contributed by atoms with Crippen LogP contribution in [0.1, 0.15) is 33.4 Å². The van der Waals surface area contributed by atoms with Crippen molar-refractivity contribution in [2.45, 2.75) is 41.5 Å². The lowest BCUT2D eigenvalue weighted by atomic mass is 10.2. The zero-order valence-corrected chi connectivity index (χ0v) is 18.3. The first-order chi connectivity index (χ1) is 12.6. The van der Waals surface area contributed by atoms with E-state index < -0.39 is 0 Å². The van der Waals surface area contributed by atoms with E-state index in [-0.39, 0.29) is 5.82 Å². The average Bonchev–Trinajstić information content (AvgIpc) is 2.60. The van der Waals surface area contributed by atoms with E-state index in [0.29, 0.717) is 5.56 Å². The Balaban J connectivity index is 0.000000204. The molecular weight excluding hydrogens is 378 g/mol. The third kappa shape index (κ3) is 8.60. The molecule has 0 fully saturated rings. The molecule has 0 atom stereocenters. The monoisotopic (exact) mass is 404 g/mol. The molecule has 0 aliphatic rings. The van der Waals surface area contributed by atoms with Gasteiger partial charge in [0.25, 0.3) is 0 Å². The first-order valence-corrected chi connectivity index (χ1v) is 9.54. The van der Waals surface area contributed by atoms with Gasteiger partial charge in [-0.2, -0.15) is 0 Å². The zero-order chi connectivity index (χ0) is 20.6. The second-order valence-electron chi connectivity index (χ2n) is 6.76. The zero-order valence-electron chi connectivity index (χ0n) is 16.8. The highest BCUT2D eigenvalue weighted by molar-refractivity contribution is 6.34. The minimum absolute atomic E-state index is 0.116. The predicted octanol–water partition coefficient (Wildman–Crippen LogP) is 8.36. The summed E-state index contributed by atoms with van der Waals surface area (Å²) in [4.78, 5) is 0. The van der Waals surface area contributed by atoms with Crippen LogP contribution in [0.4, 0.5) is 4.39 Å². The molecule has 0 spiro atoms. The number of aryl methyl sites for hydroxylation is 6. The summed E-state index contributed by atoms with van der Waals surface area (Å²) >= 11 is 11.7. The molecule has 0 amide bonds. The van der Waals surface area contributed by atoms with Gasteiger partial charge in [0.05, 0.1) is 0 Å². The Morgan fingerprint density at radius 3 is 1.22 bits per heavy atom. The van der Waals surface area contributed by atoms with Gasteiger partial charge in [0.1, 0.15) is 5.82 Å². The summed E-state index contributed by atoms with van der Waals surface area (Å²) < 4.78 is 12.6. The third-order valence-corrected chi connectivity index (χ3v) is 4.80. The lowest BCUT2D eigenvalue weighted by Gasteiger charge is -2.00. The Hall–Kier alpha value is -1.83. The van der Waals surface area contributed by atoms with Gasteiger partial charge in [-0.1, -0.05) is 70.7 Å². The van der Waals surface area contributed by atoms with Crippen molar-refractivity contribution in [3.63, 3.8) is 0 Å². The fourth-order valence-electron chi connectivity index (χ4n) is 2.08. The van der Waals surface area contributed by atoms with Crippen molar-refractivity contribution in [2.24, 2.45) is 0 Å². The maximum Gasteiger partial charge on any atom is 0.126 e. The molecule has 0 nitrogen and oxygen atoms in total. The smallest absolute Gasteiger partial charge is 0.126 e. The van der Waals surface area contributed by atoms with E-state index in [1.807, 2.05) is 39.0 Å². The fourth-order valence-corrected chi connectivity index (χ4v) is 2.52. The molecule has 0 heterocycles. The lowest BCUT2D eigenvalue weighted by molar-refractivity contribution is 0.617. The van der Waals surface area contributed by atoms with Crippen LogP contribution in [0.25, 0.3) is 0 Å². The molecule has 27 heavy (non-hydrogen) atoms. The van der Waals surface area contributed by atoms with Crippen LogP contribution < -0.4 is 0 Å². The van der Waals surface area contributed by atoms with Crippen LogP contribution >= 0.6 is 23.2 Å². The van der Waals surface area contributed by atoms with Crippen molar-refractivity contribution in [2.75, 3.05) is 0 Å². The van der Waals surface area contributed by atoms with Gasteiger partial charge in [0.2, 0.25) is 0 Å². The summed E-state index contributed by atoms with van der Waals surface area (Å²) in [5.41, 5.74) is 6.39. The van der Waals surface area contributed by atoms with Gasteiger partial charge in [-0.3, -0.25) is 0 Å². The Bertz CT molecular complexity index is 797. The van der Waals surface area contributed by atoms with Crippen LogP contribution in [0.2, 0.25) is 10.0 Å². The molecule has 0 N–H and O–H groups in total. The third-order valence-electron chi connectivity index (χ3n) is 3.99. The van der Waals surface area contributed by atoms with E-state index in [2.05, 4.69) is 38.1 Å². The molecule has 0 radical (unpaired) electrons.